The molecule has 2 atom stereocenters. The van der Waals surface area contributed by atoms with Crippen LogP contribution >= 0.6 is 0 Å². The van der Waals surface area contributed by atoms with Crippen LogP contribution in [0.3, 0.4) is 0 Å². The molecule has 4 aromatic rings. The largest absolute Gasteiger partial charge is 0.350 e. The highest BCUT2D eigenvalue weighted by atomic mass is 32.2. The van der Waals surface area contributed by atoms with E-state index >= 15 is 0 Å². The highest BCUT2D eigenvalue weighted by molar-refractivity contribution is 7.92. The highest BCUT2D eigenvalue weighted by Crippen LogP contribution is 2.25. The number of pyridine rings is 2. The lowest BCUT2D eigenvalue weighted by atomic mass is 10.0. The van der Waals surface area contributed by atoms with Crippen LogP contribution < -0.4 is 11.0 Å². The summed E-state index contributed by atoms with van der Waals surface area (Å²) in [6.07, 6.45) is 9.64. The smallest absolute Gasteiger partial charge is 0.264 e. The predicted octanol–water partition coefficient (Wildman–Crippen LogP) is 2.98. The Kier molecular flexibility index (Phi) is 9.14. The van der Waals surface area contributed by atoms with Gasteiger partial charge in [-0.3, -0.25) is 14.6 Å². The fraction of sp³-hybridized carbons (Fsp3) is 0.367. The Morgan fingerprint density at radius 3 is 2.60 bits per heavy atom. The van der Waals surface area contributed by atoms with E-state index in [-0.39, 0.29) is 18.5 Å². The quantitative estimate of drug-likeness (QED) is 0.255. The zero-order chi connectivity index (χ0) is 30.5. The molecule has 1 aliphatic rings. The second-order valence-electron chi connectivity index (χ2n) is 10.8. The lowest BCUT2D eigenvalue weighted by Crippen LogP contribution is -2.51. The van der Waals surface area contributed by atoms with Crippen molar-refractivity contribution in [3.63, 3.8) is 0 Å². The maximum Gasteiger partial charge on any atom is 0.264 e. The highest BCUT2D eigenvalue weighted by Gasteiger charge is 2.44. The molecule has 43 heavy (non-hydrogen) atoms. The van der Waals surface area contributed by atoms with Crippen molar-refractivity contribution in [3.8, 4) is 22.4 Å². The standard InChI is InChI=1S/C30H34N6O6S/c1-30(43(2,39)40,29(38)33-42-28-7-3-4-17-41-28)13-16-35-15-12-25(18-27(35)37)23-8-10-24(11-9-23)26-21-36(34-32-26)20-22-6-5-14-31-19-22/h5-6,8-12,14-15,18-19,21,28H,3-4,7,13,16-17,20H2,1-2H3,(H,33,38). The minimum atomic E-state index is -3.85. The van der Waals surface area contributed by atoms with Gasteiger partial charge in [-0.25, -0.2) is 23.4 Å². The predicted molar refractivity (Wildman–Crippen MR) is 159 cm³/mol. The first kappa shape index (κ1) is 30.3. The minimum Gasteiger partial charge on any atom is -0.350 e. The van der Waals surface area contributed by atoms with Crippen LogP contribution in [0.25, 0.3) is 22.4 Å². The summed E-state index contributed by atoms with van der Waals surface area (Å²) in [5.41, 5.74) is 6.11. The molecule has 13 heteroatoms. The number of nitrogens with zero attached hydrogens (tertiary/aromatic N) is 5. The maximum absolute atomic E-state index is 13.0. The molecule has 0 radical (unpaired) electrons. The van der Waals surface area contributed by atoms with Crippen molar-refractivity contribution in [1.82, 2.24) is 30.0 Å². The molecule has 0 spiro atoms. The molecule has 3 aromatic heterocycles. The van der Waals surface area contributed by atoms with E-state index in [0.717, 1.165) is 41.5 Å². The Balaban J connectivity index is 1.23. The van der Waals surface area contributed by atoms with Crippen molar-refractivity contribution in [1.29, 1.82) is 0 Å². The summed E-state index contributed by atoms with van der Waals surface area (Å²) in [7, 11) is -3.85. The summed E-state index contributed by atoms with van der Waals surface area (Å²) in [5.74, 6) is -0.800. The molecule has 0 aliphatic carbocycles. The van der Waals surface area contributed by atoms with Crippen molar-refractivity contribution in [2.45, 2.75) is 56.7 Å². The van der Waals surface area contributed by atoms with E-state index in [0.29, 0.717) is 25.1 Å². The summed E-state index contributed by atoms with van der Waals surface area (Å²) in [5, 5.41) is 8.47. The summed E-state index contributed by atoms with van der Waals surface area (Å²) in [6.45, 7) is 2.43. The third-order valence-corrected chi connectivity index (χ3v) is 9.69. The van der Waals surface area contributed by atoms with Crippen LogP contribution in [0.15, 0.2) is 78.1 Å². The van der Waals surface area contributed by atoms with E-state index in [2.05, 4.69) is 20.8 Å². The van der Waals surface area contributed by atoms with E-state index in [9.17, 15) is 18.0 Å². The Morgan fingerprint density at radius 1 is 1.14 bits per heavy atom. The number of ether oxygens (including phenoxy) is 1. The van der Waals surface area contributed by atoms with E-state index in [4.69, 9.17) is 9.57 Å². The minimum absolute atomic E-state index is 0.0175. The first-order valence-electron chi connectivity index (χ1n) is 14.0. The van der Waals surface area contributed by atoms with Gasteiger partial charge >= 0.3 is 0 Å². The SMILES string of the molecule is CC(CCn1ccc(-c2ccc(-c3cn(Cc4cccnc4)nn3)cc2)cc1=O)(C(=O)NOC1CCCCO1)S(C)(=O)=O. The second kappa shape index (κ2) is 13.0. The molecule has 1 amide bonds. The molecule has 1 aromatic carbocycles. The summed E-state index contributed by atoms with van der Waals surface area (Å²) in [6, 6.07) is 14.7. The van der Waals surface area contributed by atoms with E-state index < -0.39 is 26.8 Å². The van der Waals surface area contributed by atoms with E-state index in [1.54, 1.807) is 29.3 Å². The second-order valence-corrected chi connectivity index (χ2v) is 13.2. The Bertz CT molecular complexity index is 1720. The lowest BCUT2D eigenvalue weighted by molar-refractivity contribution is -0.201. The normalized spacial score (nSPS) is 16.8. The number of aromatic nitrogens is 5. The number of carbonyl (C=O) groups is 1. The van der Waals surface area contributed by atoms with Gasteiger partial charge in [-0.1, -0.05) is 35.5 Å². The molecular formula is C30H34N6O6S. The Hall–Kier alpha value is -4.20. The van der Waals surface area contributed by atoms with Gasteiger partial charge in [-0.15, -0.1) is 5.10 Å². The summed E-state index contributed by atoms with van der Waals surface area (Å²) in [4.78, 5) is 35.4. The van der Waals surface area contributed by atoms with Gasteiger partial charge in [-0.2, -0.15) is 0 Å². The molecular weight excluding hydrogens is 572 g/mol. The third kappa shape index (κ3) is 7.24. The molecule has 0 saturated carbocycles. The molecule has 1 aliphatic heterocycles. The Morgan fingerprint density at radius 2 is 1.93 bits per heavy atom. The Labute approximate surface area is 249 Å². The molecule has 5 rings (SSSR count). The van der Waals surface area contributed by atoms with Crippen molar-refractivity contribution in [2.24, 2.45) is 0 Å². The third-order valence-electron chi connectivity index (χ3n) is 7.67. The van der Waals surface area contributed by atoms with Gasteiger partial charge in [0.05, 0.1) is 12.7 Å². The van der Waals surface area contributed by atoms with Gasteiger partial charge in [0.25, 0.3) is 11.5 Å². The zero-order valence-electron chi connectivity index (χ0n) is 24.0. The maximum atomic E-state index is 13.0. The number of amides is 1. The molecule has 1 fully saturated rings. The van der Waals surface area contributed by atoms with Crippen LogP contribution in [0.2, 0.25) is 0 Å². The topological polar surface area (TPSA) is 147 Å². The monoisotopic (exact) mass is 606 g/mol. The number of aryl methyl sites for hydroxylation is 1. The molecule has 12 nitrogen and oxygen atoms in total. The van der Waals surface area contributed by atoms with Crippen LogP contribution in [0.1, 0.15) is 38.2 Å². The first-order valence-corrected chi connectivity index (χ1v) is 15.9. The molecule has 0 bridgehead atoms. The number of rotatable bonds is 11. The molecule has 4 heterocycles. The van der Waals surface area contributed by atoms with E-state index in [1.165, 1.54) is 17.6 Å². The van der Waals surface area contributed by atoms with Gasteiger partial charge in [0.1, 0.15) is 5.69 Å². The van der Waals surface area contributed by atoms with Gasteiger partial charge in [0, 0.05) is 56.0 Å². The lowest BCUT2D eigenvalue weighted by Gasteiger charge is -2.28. The average Bonchev–Trinajstić information content (AvgIpc) is 3.48. The number of benzene rings is 1. The summed E-state index contributed by atoms with van der Waals surface area (Å²) >= 11 is 0. The average molecular weight is 607 g/mol. The first-order chi connectivity index (χ1) is 20.6. The van der Waals surface area contributed by atoms with Gasteiger partial charge < -0.3 is 9.30 Å². The van der Waals surface area contributed by atoms with Crippen LogP contribution in [0.5, 0.6) is 0 Å². The fourth-order valence-electron chi connectivity index (χ4n) is 4.72. The number of hydroxylamine groups is 1. The van der Waals surface area contributed by atoms with Crippen molar-refractivity contribution >= 4 is 15.7 Å². The fourth-order valence-corrected chi connectivity index (χ4v) is 5.57. The van der Waals surface area contributed by atoms with Crippen LogP contribution in [-0.4, -0.2) is 62.8 Å². The number of sulfone groups is 1. The molecule has 1 saturated heterocycles. The van der Waals surface area contributed by atoms with Crippen LogP contribution in [-0.2, 0) is 37.3 Å². The van der Waals surface area contributed by atoms with Crippen LogP contribution in [0.4, 0.5) is 0 Å². The molecule has 2 unspecified atom stereocenters. The van der Waals surface area contributed by atoms with Gasteiger partial charge in [-0.05, 0) is 55.0 Å². The van der Waals surface area contributed by atoms with E-state index in [1.807, 2.05) is 42.6 Å². The van der Waals surface area contributed by atoms with Gasteiger partial charge in [0.15, 0.2) is 20.9 Å². The van der Waals surface area contributed by atoms with Crippen molar-refractivity contribution in [3.05, 3.63) is 89.2 Å². The summed E-state index contributed by atoms with van der Waals surface area (Å²) < 4.78 is 32.1. The molecule has 226 valence electrons. The van der Waals surface area contributed by atoms with Crippen LogP contribution in [0, 0.1) is 0 Å². The number of hydrogen-bond acceptors (Lipinski definition) is 9. The number of hydrogen-bond donors (Lipinski definition) is 1. The van der Waals surface area contributed by atoms with Crippen molar-refractivity contribution < 1.29 is 22.8 Å². The zero-order valence-corrected chi connectivity index (χ0v) is 24.9. The molecule has 1 N–H and O–H groups in total. The number of nitrogens with one attached hydrogen (secondary N) is 1. The number of carbonyl (C=O) groups excluding carboxylic acids is 1. The van der Waals surface area contributed by atoms with Crippen molar-refractivity contribution in [2.75, 3.05) is 12.9 Å². The van der Waals surface area contributed by atoms with Gasteiger partial charge in [0.2, 0.25) is 0 Å².